The third kappa shape index (κ3) is 4.09. The molecule has 2 heteroatoms. The highest BCUT2D eigenvalue weighted by Gasteiger charge is 2.10. The second-order valence-corrected chi connectivity index (χ2v) is 10.3. The van der Waals surface area contributed by atoms with Crippen LogP contribution in [0.25, 0.3) is 45.8 Å². The zero-order valence-electron chi connectivity index (χ0n) is 18.5. The molecule has 158 valence electrons. The quantitative estimate of drug-likeness (QED) is 0.226. The maximum atomic E-state index is 2.30. The van der Waals surface area contributed by atoms with E-state index in [9.17, 15) is 0 Å². The highest BCUT2D eigenvalue weighted by molar-refractivity contribution is 7.13. The maximum Gasteiger partial charge on any atom is 0.0273 e. The minimum Gasteiger partial charge on any atom is -0.141 e. The molecule has 0 atom stereocenters. The van der Waals surface area contributed by atoms with Crippen LogP contribution in [-0.4, -0.2) is 0 Å². The summed E-state index contributed by atoms with van der Waals surface area (Å²) in [7, 11) is 0. The Morgan fingerprint density at radius 3 is 1.19 bits per heavy atom. The molecule has 5 rings (SSSR count). The average molecular weight is 451 g/mol. The van der Waals surface area contributed by atoms with E-state index >= 15 is 0 Å². The summed E-state index contributed by atoms with van der Waals surface area (Å²) < 4.78 is 0. The van der Waals surface area contributed by atoms with Crippen LogP contribution in [0.2, 0.25) is 0 Å². The van der Waals surface area contributed by atoms with Crippen molar-refractivity contribution in [3.63, 3.8) is 0 Å². The minimum absolute atomic E-state index is 1.09. The van der Waals surface area contributed by atoms with Crippen molar-refractivity contribution in [2.45, 2.75) is 26.7 Å². The molecule has 0 aliphatic rings. The lowest BCUT2D eigenvalue weighted by Crippen LogP contribution is -1.88. The second-order valence-electron chi connectivity index (χ2n) is 7.90. The molecule has 0 amide bonds. The maximum absolute atomic E-state index is 2.30. The van der Waals surface area contributed by atoms with Gasteiger partial charge in [-0.3, -0.25) is 0 Å². The summed E-state index contributed by atoms with van der Waals surface area (Å²) in [5.74, 6) is 0. The zero-order valence-corrected chi connectivity index (χ0v) is 20.1. The van der Waals surface area contributed by atoms with Gasteiger partial charge in [-0.25, -0.2) is 0 Å². The molecule has 2 aromatic heterocycles. The predicted octanol–water partition coefficient (Wildman–Crippen LogP) is 9.58. The molecule has 0 radical (unpaired) electrons. The monoisotopic (exact) mass is 450 g/mol. The van der Waals surface area contributed by atoms with Gasteiger partial charge in [-0.2, -0.15) is 0 Å². The molecule has 2 heterocycles. The Hall–Kier alpha value is -2.94. The zero-order chi connectivity index (χ0) is 21.9. The molecular weight excluding hydrogens is 424 g/mol. The third-order valence-electron chi connectivity index (χ3n) is 5.91. The Labute approximate surface area is 198 Å². The first-order chi connectivity index (χ1) is 15.8. The van der Waals surface area contributed by atoms with Crippen molar-refractivity contribution in [1.29, 1.82) is 0 Å². The van der Waals surface area contributed by atoms with Gasteiger partial charge in [-0.15, -0.1) is 22.7 Å². The number of hydrogen-bond donors (Lipinski definition) is 0. The second kappa shape index (κ2) is 9.28. The van der Waals surface area contributed by atoms with Crippen LogP contribution in [0, 0.1) is 0 Å². The average Bonchev–Trinajstić information content (AvgIpc) is 3.50. The van der Waals surface area contributed by atoms with Crippen LogP contribution in [0.1, 0.15) is 44.5 Å². The van der Waals surface area contributed by atoms with E-state index in [0.29, 0.717) is 0 Å². The van der Waals surface area contributed by atoms with Gasteiger partial charge in [-0.1, -0.05) is 74.5 Å². The highest BCUT2D eigenvalue weighted by Crippen LogP contribution is 2.36. The Morgan fingerprint density at radius 2 is 0.875 bits per heavy atom. The van der Waals surface area contributed by atoms with E-state index in [-0.39, 0.29) is 0 Å². The molecule has 0 bridgehead atoms. The Bertz CT molecular complexity index is 1280. The molecule has 0 aliphatic heterocycles. The van der Waals surface area contributed by atoms with Crippen LogP contribution >= 0.6 is 22.7 Å². The Kier molecular flexibility index (Phi) is 6.07. The fraction of sp³-hybridized carbons (Fsp3) is 0.133. The Balaban J connectivity index is 1.68. The van der Waals surface area contributed by atoms with E-state index in [0.717, 1.165) is 12.8 Å². The van der Waals surface area contributed by atoms with Crippen molar-refractivity contribution in [3.05, 3.63) is 103 Å². The summed E-state index contributed by atoms with van der Waals surface area (Å²) in [6.07, 6.45) is 11.3. The lowest BCUT2D eigenvalue weighted by Gasteiger charge is -2.13. The number of thiophene rings is 2. The van der Waals surface area contributed by atoms with Crippen LogP contribution in [0.15, 0.2) is 72.8 Å². The van der Waals surface area contributed by atoms with Gasteiger partial charge < -0.3 is 0 Å². The summed E-state index contributed by atoms with van der Waals surface area (Å²) in [5, 5.41) is 5.20. The fourth-order valence-electron chi connectivity index (χ4n) is 4.23. The standard InChI is InChI=1S/C30H26S2/c1-3-21-13-15-23(31-21)17-19-29-25-9-5-7-11-27(25)30(28-12-8-6-10-26(28)29)20-18-24-16-14-22(4-2)32-24/h5-20H,3-4H2,1-2H3. The van der Waals surface area contributed by atoms with Crippen molar-refractivity contribution in [2.75, 3.05) is 0 Å². The van der Waals surface area contributed by atoms with Crippen molar-refractivity contribution in [1.82, 2.24) is 0 Å². The van der Waals surface area contributed by atoms with E-state index in [4.69, 9.17) is 0 Å². The molecule has 0 nitrogen and oxygen atoms in total. The molecule has 0 saturated carbocycles. The number of aryl methyl sites for hydroxylation is 2. The topological polar surface area (TPSA) is 0 Å². The molecule has 0 fully saturated rings. The highest BCUT2D eigenvalue weighted by atomic mass is 32.1. The molecule has 0 saturated heterocycles. The molecule has 3 aromatic carbocycles. The normalized spacial score (nSPS) is 12.1. The van der Waals surface area contributed by atoms with Crippen molar-refractivity contribution < 1.29 is 0 Å². The number of rotatable bonds is 6. The van der Waals surface area contributed by atoms with Crippen molar-refractivity contribution in [2.24, 2.45) is 0 Å². The van der Waals surface area contributed by atoms with Crippen LogP contribution in [0.3, 0.4) is 0 Å². The fourth-order valence-corrected chi connectivity index (χ4v) is 5.94. The van der Waals surface area contributed by atoms with Crippen LogP contribution in [0.5, 0.6) is 0 Å². The van der Waals surface area contributed by atoms with E-state index in [1.165, 1.54) is 52.2 Å². The van der Waals surface area contributed by atoms with Gasteiger partial charge in [-0.05, 0) is 81.9 Å². The molecule has 5 aromatic rings. The van der Waals surface area contributed by atoms with Crippen LogP contribution in [0.4, 0.5) is 0 Å². The summed E-state index contributed by atoms with van der Waals surface area (Å²) in [4.78, 5) is 5.48. The van der Waals surface area contributed by atoms with E-state index in [2.05, 4.69) is 111 Å². The third-order valence-corrected chi connectivity index (χ3v) is 8.29. The van der Waals surface area contributed by atoms with Gasteiger partial charge in [0, 0.05) is 19.5 Å². The molecule has 0 aliphatic carbocycles. The van der Waals surface area contributed by atoms with Crippen molar-refractivity contribution >= 4 is 68.5 Å². The van der Waals surface area contributed by atoms with Crippen LogP contribution < -0.4 is 0 Å². The van der Waals surface area contributed by atoms with Gasteiger partial charge in [0.1, 0.15) is 0 Å². The first kappa shape index (κ1) is 20.9. The van der Waals surface area contributed by atoms with Gasteiger partial charge in [0.15, 0.2) is 0 Å². The number of benzene rings is 3. The molecule has 32 heavy (non-hydrogen) atoms. The lowest BCUT2D eigenvalue weighted by molar-refractivity contribution is 1.19. The molecular formula is C30H26S2. The smallest absolute Gasteiger partial charge is 0.0273 e. The number of hydrogen-bond acceptors (Lipinski definition) is 2. The van der Waals surface area contributed by atoms with Crippen LogP contribution in [-0.2, 0) is 12.8 Å². The van der Waals surface area contributed by atoms with E-state index < -0.39 is 0 Å². The molecule has 0 spiro atoms. The lowest BCUT2D eigenvalue weighted by atomic mass is 9.91. The first-order valence-corrected chi connectivity index (χ1v) is 12.9. The van der Waals surface area contributed by atoms with E-state index in [1.54, 1.807) is 0 Å². The van der Waals surface area contributed by atoms with E-state index in [1.807, 2.05) is 22.7 Å². The molecule has 0 unspecified atom stereocenters. The summed E-state index contributed by atoms with van der Waals surface area (Å²) in [6.45, 7) is 4.43. The first-order valence-electron chi connectivity index (χ1n) is 11.2. The van der Waals surface area contributed by atoms with Gasteiger partial charge >= 0.3 is 0 Å². The van der Waals surface area contributed by atoms with Gasteiger partial charge in [0.25, 0.3) is 0 Å². The largest absolute Gasteiger partial charge is 0.141 e. The molecule has 0 N–H and O–H groups in total. The summed E-state index contributed by atoms with van der Waals surface area (Å²) in [6, 6.07) is 26.5. The van der Waals surface area contributed by atoms with Gasteiger partial charge in [0.05, 0.1) is 0 Å². The SMILES string of the molecule is CCc1ccc(C=Cc2c3ccccc3c(C=Cc3ccc(CC)s3)c3ccccc23)s1. The minimum atomic E-state index is 1.09. The van der Waals surface area contributed by atoms with Gasteiger partial charge in [0.2, 0.25) is 0 Å². The number of fused-ring (bicyclic) bond motifs is 2. The summed E-state index contributed by atoms with van der Waals surface area (Å²) >= 11 is 3.76. The van der Waals surface area contributed by atoms with Crippen molar-refractivity contribution in [3.8, 4) is 0 Å². The predicted molar refractivity (Wildman–Crippen MR) is 147 cm³/mol. The Morgan fingerprint density at radius 1 is 0.500 bits per heavy atom. The summed E-state index contributed by atoms with van der Waals surface area (Å²) in [5.41, 5.74) is 2.59.